The maximum Gasteiger partial charge on any atom is 0.0776 e. The fourth-order valence-electron chi connectivity index (χ4n) is 2.46. The molecule has 3 N–H and O–H groups in total. The van der Waals surface area contributed by atoms with Crippen LogP contribution in [0.4, 0.5) is 17.1 Å². The Morgan fingerprint density at radius 1 is 1.10 bits per heavy atom. The molecule has 0 saturated heterocycles. The first-order chi connectivity index (χ1) is 10.1. The fourth-order valence-corrected chi connectivity index (χ4v) is 3.00. The van der Waals surface area contributed by atoms with Gasteiger partial charge in [-0.3, -0.25) is 4.98 Å². The van der Waals surface area contributed by atoms with Crippen LogP contribution in [0.5, 0.6) is 0 Å². The van der Waals surface area contributed by atoms with Crippen molar-refractivity contribution in [3.05, 3.63) is 58.2 Å². The number of pyridine rings is 1. The lowest BCUT2D eigenvalue weighted by Gasteiger charge is -2.15. The van der Waals surface area contributed by atoms with Crippen LogP contribution >= 0.6 is 15.9 Å². The number of benzene rings is 2. The molecule has 0 spiro atoms. The number of nitrogens with one attached hydrogen (secondary N) is 1. The van der Waals surface area contributed by atoms with E-state index < -0.39 is 0 Å². The number of halogens is 1. The number of hydrogen-bond donors (Lipinski definition) is 2. The summed E-state index contributed by atoms with van der Waals surface area (Å²) in [6, 6.07) is 14.1. The molecule has 3 rings (SSSR count). The first-order valence-electron chi connectivity index (χ1n) is 6.74. The highest BCUT2D eigenvalue weighted by Gasteiger charge is 2.12. The van der Waals surface area contributed by atoms with E-state index in [1.54, 1.807) is 0 Å². The summed E-state index contributed by atoms with van der Waals surface area (Å²) >= 11 is 3.52. The Morgan fingerprint density at radius 2 is 1.81 bits per heavy atom. The molecule has 106 valence electrons. The van der Waals surface area contributed by atoms with Gasteiger partial charge in [-0.05, 0) is 59.6 Å². The molecular weight excluding hydrogens is 326 g/mol. The van der Waals surface area contributed by atoms with Crippen LogP contribution in [0.15, 0.2) is 46.9 Å². The summed E-state index contributed by atoms with van der Waals surface area (Å²) in [4.78, 5) is 4.64. The first-order valence-corrected chi connectivity index (χ1v) is 7.53. The van der Waals surface area contributed by atoms with Gasteiger partial charge in [-0.15, -0.1) is 0 Å². The number of nitrogen functional groups attached to an aromatic ring is 1. The zero-order valence-electron chi connectivity index (χ0n) is 11.9. The highest BCUT2D eigenvalue weighted by molar-refractivity contribution is 9.10. The minimum atomic E-state index is 0.710. The summed E-state index contributed by atoms with van der Waals surface area (Å²) in [6.45, 7) is 4.04. The normalized spacial score (nSPS) is 10.8. The molecule has 2 aromatic carbocycles. The van der Waals surface area contributed by atoms with E-state index >= 15 is 0 Å². The van der Waals surface area contributed by atoms with Crippen molar-refractivity contribution in [1.29, 1.82) is 0 Å². The second-order valence-electron chi connectivity index (χ2n) is 5.11. The van der Waals surface area contributed by atoms with Gasteiger partial charge >= 0.3 is 0 Å². The molecule has 0 saturated carbocycles. The number of para-hydroxylation sites is 1. The van der Waals surface area contributed by atoms with Crippen molar-refractivity contribution >= 4 is 43.9 Å². The minimum Gasteiger partial charge on any atom is -0.397 e. The summed E-state index contributed by atoms with van der Waals surface area (Å²) in [6.07, 6.45) is 0. The Hall–Kier alpha value is -2.07. The molecule has 1 aromatic heterocycles. The van der Waals surface area contributed by atoms with Crippen molar-refractivity contribution in [2.45, 2.75) is 13.8 Å². The van der Waals surface area contributed by atoms with Gasteiger partial charge in [0, 0.05) is 21.2 Å². The van der Waals surface area contributed by atoms with Crippen molar-refractivity contribution in [2.75, 3.05) is 11.1 Å². The SMILES string of the molecule is Cc1cc(Nc2ccccc2)c2c(N)c(Br)cc(C)c2n1. The second kappa shape index (κ2) is 5.37. The average Bonchev–Trinajstić information content (AvgIpc) is 2.45. The number of nitrogens with zero attached hydrogens (tertiary/aromatic N) is 1. The highest BCUT2D eigenvalue weighted by Crippen LogP contribution is 2.37. The summed E-state index contributed by atoms with van der Waals surface area (Å²) in [5, 5.41) is 4.40. The van der Waals surface area contributed by atoms with Gasteiger partial charge in [0.2, 0.25) is 0 Å². The van der Waals surface area contributed by atoms with Crippen molar-refractivity contribution < 1.29 is 0 Å². The fraction of sp³-hybridized carbons (Fsp3) is 0.118. The van der Waals surface area contributed by atoms with Crippen molar-refractivity contribution in [3.8, 4) is 0 Å². The Labute approximate surface area is 132 Å². The average molecular weight is 342 g/mol. The number of hydrogen-bond acceptors (Lipinski definition) is 3. The molecule has 0 atom stereocenters. The molecular formula is C17H16BrN3. The van der Waals surface area contributed by atoms with Gasteiger partial charge in [0.05, 0.1) is 16.9 Å². The third-order valence-electron chi connectivity index (χ3n) is 3.44. The quantitative estimate of drug-likeness (QED) is 0.649. The van der Waals surface area contributed by atoms with Gasteiger partial charge in [0.1, 0.15) is 0 Å². The van der Waals surface area contributed by atoms with Crippen LogP contribution in [0.3, 0.4) is 0 Å². The molecule has 3 nitrogen and oxygen atoms in total. The molecule has 3 aromatic rings. The third kappa shape index (κ3) is 2.59. The molecule has 4 heteroatoms. The molecule has 0 unspecified atom stereocenters. The number of aryl methyl sites for hydroxylation is 2. The summed E-state index contributed by atoms with van der Waals surface area (Å²) < 4.78 is 0.897. The van der Waals surface area contributed by atoms with E-state index in [-0.39, 0.29) is 0 Å². The molecule has 0 bridgehead atoms. The largest absolute Gasteiger partial charge is 0.397 e. The van der Waals surface area contributed by atoms with Crippen LogP contribution in [0, 0.1) is 13.8 Å². The van der Waals surface area contributed by atoms with Gasteiger partial charge < -0.3 is 11.1 Å². The van der Waals surface area contributed by atoms with Crippen LogP contribution in [-0.4, -0.2) is 4.98 Å². The second-order valence-corrected chi connectivity index (χ2v) is 5.97. The standard InChI is InChI=1S/C17H16BrN3/c1-10-8-13(18)16(19)15-14(9-11(2)20-17(10)15)21-12-6-4-3-5-7-12/h3-9H,19H2,1-2H3,(H,20,21). The van der Waals surface area contributed by atoms with Crippen LogP contribution in [0.25, 0.3) is 10.9 Å². The Balaban J connectivity index is 2.26. The van der Waals surface area contributed by atoms with E-state index in [4.69, 9.17) is 5.73 Å². The molecule has 0 amide bonds. The van der Waals surface area contributed by atoms with Gasteiger partial charge in [-0.1, -0.05) is 18.2 Å². The molecule has 0 aliphatic rings. The lowest BCUT2D eigenvalue weighted by atomic mass is 10.1. The Morgan fingerprint density at radius 3 is 2.52 bits per heavy atom. The summed E-state index contributed by atoms with van der Waals surface area (Å²) in [5.74, 6) is 0. The van der Waals surface area contributed by atoms with E-state index in [0.29, 0.717) is 5.69 Å². The summed E-state index contributed by atoms with van der Waals surface area (Å²) in [5.41, 5.74) is 12.0. The van der Waals surface area contributed by atoms with Crippen molar-refractivity contribution in [2.24, 2.45) is 0 Å². The maximum absolute atomic E-state index is 6.26. The van der Waals surface area contributed by atoms with E-state index in [0.717, 1.165) is 38.0 Å². The number of nitrogens with two attached hydrogens (primary N) is 1. The lowest BCUT2D eigenvalue weighted by molar-refractivity contribution is 1.24. The first kappa shape index (κ1) is 13.9. The van der Waals surface area contributed by atoms with Crippen molar-refractivity contribution in [3.63, 3.8) is 0 Å². The van der Waals surface area contributed by atoms with Gasteiger partial charge in [-0.25, -0.2) is 0 Å². The van der Waals surface area contributed by atoms with E-state index in [2.05, 4.69) is 26.2 Å². The predicted octanol–water partition coefficient (Wildman–Crippen LogP) is 4.94. The molecule has 1 heterocycles. The Kier molecular flexibility index (Phi) is 3.55. The van der Waals surface area contributed by atoms with Gasteiger partial charge in [0.15, 0.2) is 0 Å². The maximum atomic E-state index is 6.26. The molecule has 0 aliphatic heterocycles. The van der Waals surface area contributed by atoms with Gasteiger partial charge in [-0.2, -0.15) is 0 Å². The number of aromatic nitrogens is 1. The number of fused-ring (bicyclic) bond motifs is 1. The van der Waals surface area contributed by atoms with Crippen molar-refractivity contribution in [1.82, 2.24) is 4.98 Å². The Bertz CT molecular complexity index is 813. The zero-order chi connectivity index (χ0) is 15.0. The smallest absolute Gasteiger partial charge is 0.0776 e. The van der Waals surface area contributed by atoms with E-state index in [1.807, 2.05) is 56.3 Å². The molecule has 0 radical (unpaired) electrons. The van der Waals surface area contributed by atoms with Crippen LogP contribution in [-0.2, 0) is 0 Å². The number of anilines is 3. The number of rotatable bonds is 2. The van der Waals surface area contributed by atoms with Crippen LogP contribution < -0.4 is 11.1 Å². The zero-order valence-corrected chi connectivity index (χ0v) is 13.5. The van der Waals surface area contributed by atoms with E-state index in [1.165, 1.54) is 0 Å². The topological polar surface area (TPSA) is 50.9 Å². The third-order valence-corrected chi connectivity index (χ3v) is 4.10. The molecule has 0 aliphatic carbocycles. The lowest BCUT2D eigenvalue weighted by Crippen LogP contribution is -2.00. The predicted molar refractivity (Wildman–Crippen MR) is 93.1 cm³/mol. The highest BCUT2D eigenvalue weighted by atomic mass is 79.9. The summed E-state index contributed by atoms with van der Waals surface area (Å²) in [7, 11) is 0. The van der Waals surface area contributed by atoms with E-state index in [9.17, 15) is 0 Å². The minimum absolute atomic E-state index is 0.710. The van der Waals surface area contributed by atoms with Crippen LogP contribution in [0.1, 0.15) is 11.3 Å². The van der Waals surface area contributed by atoms with Gasteiger partial charge in [0.25, 0.3) is 0 Å². The van der Waals surface area contributed by atoms with Crippen LogP contribution in [0.2, 0.25) is 0 Å². The monoisotopic (exact) mass is 341 g/mol. The molecule has 21 heavy (non-hydrogen) atoms. The molecule has 0 fully saturated rings.